The Kier molecular flexibility index (Phi) is 4.83. The summed E-state index contributed by atoms with van der Waals surface area (Å²) in [6.45, 7) is 6.31. The van der Waals surface area contributed by atoms with Gasteiger partial charge in [0.15, 0.2) is 0 Å². The van der Waals surface area contributed by atoms with Crippen molar-refractivity contribution in [1.82, 2.24) is 15.1 Å². The zero-order valence-electron chi connectivity index (χ0n) is 11.7. The molecule has 0 aromatic heterocycles. The lowest BCUT2D eigenvalue weighted by molar-refractivity contribution is 0.202. The van der Waals surface area contributed by atoms with E-state index in [9.17, 15) is 0 Å². The van der Waals surface area contributed by atoms with Crippen molar-refractivity contribution >= 4 is 0 Å². The Morgan fingerprint density at radius 1 is 1.18 bits per heavy atom. The first kappa shape index (κ1) is 13.3. The highest BCUT2D eigenvalue weighted by Gasteiger charge is 2.35. The molecule has 2 aliphatic rings. The second-order valence-electron chi connectivity index (χ2n) is 6.20. The molecule has 0 radical (unpaired) electrons. The van der Waals surface area contributed by atoms with Gasteiger partial charge in [0.05, 0.1) is 0 Å². The Hall–Kier alpha value is -0.120. The second-order valence-corrected chi connectivity index (χ2v) is 6.20. The van der Waals surface area contributed by atoms with Gasteiger partial charge in [-0.2, -0.15) is 0 Å². The highest BCUT2D eigenvalue weighted by Crippen LogP contribution is 2.31. The van der Waals surface area contributed by atoms with Crippen molar-refractivity contribution in [2.45, 2.75) is 44.1 Å². The smallest absolute Gasteiger partial charge is 0.0308 e. The van der Waals surface area contributed by atoms with Gasteiger partial charge in [-0.25, -0.2) is 0 Å². The van der Waals surface area contributed by atoms with E-state index in [-0.39, 0.29) is 0 Å². The minimum Gasteiger partial charge on any atom is -0.310 e. The molecule has 0 amide bonds. The first-order chi connectivity index (χ1) is 8.20. The summed E-state index contributed by atoms with van der Waals surface area (Å²) in [4.78, 5) is 5.00. The SMILES string of the molecule is CN(C)CCCN1CCCNC2(CCCC2)C1. The average Bonchev–Trinajstić information content (AvgIpc) is 2.62. The molecule has 3 heteroatoms. The molecule has 0 aromatic carbocycles. The fourth-order valence-corrected chi connectivity index (χ4v) is 3.41. The van der Waals surface area contributed by atoms with Crippen molar-refractivity contribution in [2.75, 3.05) is 46.8 Å². The molecule has 1 aliphatic heterocycles. The molecule has 1 spiro atoms. The van der Waals surface area contributed by atoms with E-state index in [1.165, 1.54) is 71.2 Å². The van der Waals surface area contributed by atoms with Crippen molar-refractivity contribution in [2.24, 2.45) is 0 Å². The first-order valence-corrected chi connectivity index (χ1v) is 7.32. The van der Waals surface area contributed by atoms with Gasteiger partial charge in [-0.1, -0.05) is 12.8 Å². The van der Waals surface area contributed by atoms with Gasteiger partial charge in [0.2, 0.25) is 0 Å². The molecule has 1 saturated heterocycles. The topological polar surface area (TPSA) is 18.5 Å². The molecule has 0 aromatic rings. The molecule has 1 heterocycles. The normalized spacial score (nSPS) is 25.6. The zero-order valence-corrected chi connectivity index (χ0v) is 11.7. The summed E-state index contributed by atoms with van der Waals surface area (Å²) in [6, 6.07) is 0. The van der Waals surface area contributed by atoms with Crippen LogP contribution in [0.4, 0.5) is 0 Å². The summed E-state index contributed by atoms with van der Waals surface area (Å²) in [6.07, 6.45) is 8.29. The molecule has 0 bridgehead atoms. The highest BCUT2D eigenvalue weighted by molar-refractivity contribution is 4.96. The van der Waals surface area contributed by atoms with Gasteiger partial charge in [-0.05, 0) is 66.0 Å². The van der Waals surface area contributed by atoms with E-state index in [2.05, 4.69) is 29.2 Å². The first-order valence-electron chi connectivity index (χ1n) is 7.32. The summed E-state index contributed by atoms with van der Waals surface area (Å²) in [5.74, 6) is 0. The predicted octanol–water partition coefficient (Wildman–Crippen LogP) is 1.55. The van der Waals surface area contributed by atoms with Crippen molar-refractivity contribution < 1.29 is 0 Å². The Bertz CT molecular complexity index is 222. The molecule has 2 fully saturated rings. The van der Waals surface area contributed by atoms with Crippen LogP contribution in [0.25, 0.3) is 0 Å². The molecular weight excluding hydrogens is 210 g/mol. The molecule has 17 heavy (non-hydrogen) atoms. The maximum Gasteiger partial charge on any atom is 0.0308 e. The minimum atomic E-state index is 0.481. The largest absolute Gasteiger partial charge is 0.310 e. The van der Waals surface area contributed by atoms with Gasteiger partial charge in [0.25, 0.3) is 0 Å². The lowest BCUT2D eigenvalue weighted by atomic mass is 9.97. The maximum atomic E-state index is 3.83. The Morgan fingerprint density at radius 3 is 2.65 bits per heavy atom. The van der Waals surface area contributed by atoms with E-state index >= 15 is 0 Å². The molecule has 1 N–H and O–H groups in total. The highest BCUT2D eigenvalue weighted by atomic mass is 15.2. The molecule has 1 saturated carbocycles. The number of hydrogen-bond acceptors (Lipinski definition) is 3. The van der Waals surface area contributed by atoms with Crippen LogP contribution in [0.3, 0.4) is 0 Å². The number of nitrogens with zero attached hydrogens (tertiary/aromatic N) is 2. The van der Waals surface area contributed by atoms with Crippen LogP contribution in [0.15, 0.2) is 0 Å². The van der Waals surface area contributed by atoms with Gasteiger partial charge >= 0.3 is 0 Å². The molecule has 3 nitrogen and oxygen atoms in total. The molecule has 0 unspecified atom stereocenters. The van der Waals surface area contributed by atoms with Crippen LogP contribution in [0.2, 0.25) is 0 Å². The Morgan fingerprint density at radius 2 is 1.94 bits per heavy atom. The van der Waals surface area contributed by atoms with E-state index in [4.69, 9.17) is 0 Å². The van der Waals surface area contributed by atoms with E-state index in [1.807, 2.05) is 0 Å². The standard InChI is InChI=1S/C14H29N3/c1-16(2)10-6-12-17-11-5-9-15-14(13-17)7-3-4-8-14/h15H,3-13H2,1-2H3. The van der Waals surface area contributed by atoms with Gasteiger partial charge in [0.1, 0.15) is 0 Å². The summed E-state index contributed by atoms with van der Waals surface area (Å²) in [5, 5.41) is 3.83. The molecule has 2 rings (SSSR count). The lowest BCUT2D eigenvalue weighted by Gasteiger charge is -2.33. The van der Waals surface area contributed by atoms with Crippen LogP contribution in [0.5, 0.6) is 0 Å². The van der Waals surface area contributed by atoms with Gasteiger partial charge < -0.3 is 15.1 Å². The third-order valence-corrected chi connectivity index (χ3v) is 4.32. The van der Waals surface area contributed by atoms with Crippen molar-refractivity contribution in [3.05, 3.63) is 0 Å². The van der Waals surface area contributed by atoms with Crippen LogP contribution in [-0.4, -0.2) is 62.2 Å². The third kappa shape index (κ3) is 3.94. The zero-order chi connectivity index (χ0) is 12.1. The maximum absolute atomic E-state index is 3.83. The van der Waals surface area contributed by atoms with Gasteiger partial charge in [0, 0.05) is 12.1 Å². The number of hydrogen-bond donors (Lipinski definition) is 1. The molecular formula is C14H29N3. The van der Waals surface area contributed by atoms with Crippen LogP contribution in [0.1, 0.15) is 38.5 Å². The van der Waals surface area contributed by atoms with E-state index < -0.39 is 0 Å². The van der Waals surface area contributed by atoms with Crippen LogP contribution in [-0.2, 0) is 0 Å². The van der Waals surface area contributed by atoms with Gasteiger partial charge in [-0.3, -0.25) is 0 Å². The predicted molar refractivity (Wildman–Crippen MR) is 73.4 cm³/mol. The van der Waals surface area contributed by atoms with Crippen molar-refractivity contribution in [3.8, 4) is 0 Å². The van der Waals surface area contributed by atoms with Crippen molar-refractivity contribution in [1.29, 1.82) is 0 Å². The molecule has 0 atom stereocenters. The number of nitrogens with one attached hydrogen (secondary N) is 1. The van der Waals surface area contributed by atoms with E-state index in [0.29, 0.717) is 5.54 Å². The Labute approximate surface area is 107 Å². The molecule has 100 valence electrons. The fourth-order valence-electron chi connectivity index (χ4n) is 3.41. The quantitative estimate of drug-likeness (QED) is 0.803. The number of rotatable bonds is 4. The van der Waals surface area contributed by atoms with Gasteiger partial charge in [-0.15, -0.1) is 0 Å². The third-order valence-electron chi connectivity index (χ3n) is 4.32. The summed E-state index contributed by atoms with van der Waals surface area (Å²) in [7, 11) is 4.34. The summed E-state index contributed by atoms with van der Waals surface area (Å²) < 4.78 is 0. The van der Waals surface area contributed by atoms with Crippen LogP contribution < -0.4 is 5.32 Å². The minimum absolute atomic E-state index is 0.481. The monoisotopic (exact) mass is 239 g/mol. The van der Waals surface area contributed by atoms with Crippen LogP contribution >= 0.6 is 0 Å². The van der Waals surface area contributed by atoms with E-state index in [0.717, 1.165) is 0 Å². The summed E-state index contributed by atoms with van der Waals surface area (Å²) in [5.41, 5.74) is 0.481. The fraction of sp³-hybridized carbons (Fsp3) is 1.00. The lowest BCUT2D eigenvalue weighted by Crippen LogP contribution is -2.49. The van der Waals surface area contributed by atoms with Crippen molar-refractivity contribution in [3.63, 3.8) is 0 Å². The second kappa shape index (κ2) is 6.17. The van der Waals surface area contributed by atoms with Crippen LogP contribution in [0, 0.1) is 0 Å². The van der Waals surface area contributed by atoms with E-state index in [1.54, 1.807) is 0 Å². The summed E-state index contributed by atoms with van der Waals surface area (Å²) >= 11 is 0. The molecule has 1 aliphatic carbocycles. The Balaban J connectivity index is 1.80. The average molecular weight is 239 g/mol.